The van der Waals surface area contributed by atoms with Crippen molar-refractivity contribution < 1.29 is 13.5 Å². The van der Waals surface area contributed by atoms with E-state index in [-0.39, 0.29) is 5.75 Å². The maximum atomic E-state index is 13.5. The summed E-state index contributed by atoms with van der Waals surface area (Å²) in [5.41, 5.74) is 0.869. The van der Waals surface area contributed by atoms with Gasteiger partial charge in [-0.05, 0) is 30.3 Å². The molecule has 0 unspecified atom stereocenters. The Morgan fingerprint density at radius 1 is 1.00 bits per heavy atom. The van der Waals surface area contributed by atoms with E-state index < -0.39 is 11.6 Å². The standard InChI is InChI=1S/C13H8Br2F2O/c14-7-8-5-9(15)1-3-12(8)18-13-4-2-10(16)6-11(13)17/h1-6H,7H2. The van der Waals surface area contributed by atoms with Crippen LogP contribution in [0.15, 0.2) is 40.9 Å². The molecule has 2 aromatic carbocycles. The monoisotopic (exact) mass is 376 g/mol. The number of rotatable bonds is 3. The molecule has 0 spiro atoms. The molecule has 0 aliphatic rings. The van der Waals surface area contributed by atoms with Crippen LogP contribution in [0.3, 0.4) is 0 Å². The first-order chi connectivity index (χ1) is 8.60. The van der Waals surface area contributed by atoms with E-state index in [2.05, 4.69) is 31.9 Å². The SMILES string of the molecule is Fc1ccc(Oc2ccc(Br)cc2CBr)c(F)c1. The molecule has 0 amide bonds. The lowest BCUT2D eigenvalue weighted by Crippen LogP contribution is -1.92. The largest absolute Gasteiger partial charge is 0.454 e. The zero-order chi connectivity index (χ0) is 13.1. The lowest BCUT2D eigenvalue weighted by Gasteiger charge is -2.10. The van der Waals surface area contributed by atoms with Gasteiger partial charge >= 0.3 is 0 Å². The zero-order valence-electron chi connectivity index (χ0n) is 9.09. The van der Waals surface area contributed by atoms with Gasteiger partial charge in [0.1, 0.15) is 11.6 Å². The summed E-state index contributed by atoms with van der Waals surface area (Å²) >= 11 is 6.68. The predicted molar refractivity (Wildman–Crippen MR) is 73.2 cm³/mol. The molecular formula is C13H8Br2F2O. The fraction of sp³-hybridized carbons (Fsp3) is 0.0769. The maximum absolute atomic E-state index is 13.5. The van der Waals surface area contributed by atoms with Crippen LogP contribution in [-0.4, -0.2) is 0 Å². The summed E-state index contributed by atoms with van der Waals surface area (Å²) in [6.45, 7) is 0. The van der Waals surface area contributed by atoms with Crippen LogP contribution >= 0.6 is 31.9 Å². The second-order valence-corrected chi connectivity index (χ2v) is 5.04. The Morgan fingerprint density at radius 2 is 1.72 bits per heavy atom. The van der Waals surface area contributed by atoms with E-state index in [0.29, 0.717) is 11.1 Å². The van der Waals surface area contributed by atoms with Crippen LogP contribution in [0.1, 0.15) is 5.56 Å². The molecule has 0 aliphatic carbocycles. The van der Waals surface area contributed by atoms with Crippen molar-refractivity contribution in [2.45, 2.75) is 5.33 Å². The second kappa shape index (κ2) is 5.80. The van der Waals surface area contributed by atoms with Crippen molar-refractivity contribution in [2.24, 2.45) is 0 Å². The summed E-state index contributed by atoms with van der Waals surface area (Å²) in [5.74, 6) is -0.823. The molecule has 2 rings (SSSR count). The lowest BCUT2D eigenvalue weighted by molar-refractivity contribution is 0.435. The maximum Gasteiger partial charge on any atom is 0.168 e. The summed E-state index contributed by atoms with van der Waals surface area (Å²) in [7, 11) is 0. The van der Waals surface area contributed by atoms with Crippen LogP contribution in [0.4, 0.5) is 8.78 Å². The number of benzene rings is 2. The normalized spacial score (nSPS) is 10.4. The van der Waals surface area contributed by atoms with Crippen molar-refractivity contribution in [1.29, 1.82) is 0 Å². The van der Waals surface area contributed by atoms with Crippen LogP contribution in [0.25, 0.3) is 0 Å². The van der Waals surface area contributed by atoms with Crippen molar-refractivity contribution in [3.8, 4) is 11.5 Å². The number of hydrogen-bond acceptors (Lipinski definition) is 1. The third-order valence-electron chi connectivity index (χ3n) is 2.28. The van der Waals surface area contributed by atoms with Crippen molar-refractivity contribution in [3.05, 3.63) is 58.1 Å². The topological polar surface area (TPSA) is 9.23 Å². The Morgan fingerprint density at radius 3 is 2.39 bits per heavy atom. The van der Waals surface area contributed by atoms with Gasteiger partial charge in [-0.15, -0.1) is 0 Å². The highest BCUT2D eigenvalue weighted by molar-refractivity contribution is 9.10. The Kier molecular flexibility index (Phi) is 4.35. The van der Waals surface area contributed by atoms with Gasteiger partial charge in [-0.3, -0.25) is 0 Å². The first kappa shape index (κ1) is 13.5. The van der Waals surface area contributed by atoms with Crippen molar-refractivity contribution in [3.63, 3.8) is 0 Å². The van der Waals surface area contributed by atoms with E-state index >= 15 is 0 Å². The third-order valence-corrected chi connectivity index (χ3v) is 3.38. The van der Waals surface area contributed by atoms with Crippen LogP contribution < -0.4 is 4.74 Å². The average Bonchev–Trinajstić information content (AvgIpc) is 2.34. The van der Waals surface area contributed by atoms with Crippen molar-refractivity contribution in [1.82, 2.24) is 0 Å². The average molecular weight is 378 g/mol. The number of alkyl halides is 1. The smallest absolute Gasteiger partial charge is 0.168 e. The number of hydrogen-bond donors (Lipinski definition) is 0. The summed E-state index contributed by atoms with van der Waals surface area (Å²) < 4.78 is 32.6. The summed E-state index contributed by atoms with van der Waals surface area (Å²) in [6, 6.07) is 8.61. The van der Waals surface area contributed by atoms with E-state index in [1.807, 2.05) is 6.07 Å². The molecule has 0 radical (unpaired) electrons. The van der Waals surface area contributed by atoms with Gasteiger partial charge in [0, 0.05) is 21.4 Å². The van der Waals surface area contributed by atoms with Crippen LogP contribution in [0.2, 0.25) is 0 Å². The third kappa shape index (κ3) is 3.09. The van der Waals surface area contributed by atoms with E-state index in [1.165, 1.54) is 6.07 Å². The Hall–Kier alpha value is -0.940. The van der Waals surface area contributed by atoms with Gasteiger partial charge in [-0.2, -0.15) is 0 Å². The molecule has 1 nitrogen and oxygen atoms in total. The fourth-order valence-corrected chi connectivity index (χ4v) is 2.28. The molecule has 0 aliphatic heterocycles. The van der Waals surface area contributed by atoms with E-state index in [4.69, 9.17) is 4.74 Å². The zero-order valence-corrected chi connectivity index (χ0v) is 12.3. The highest BCUT2D eigenvalue weighted by Gasteiger charge is 2.09. The minimum atomic E-state index is -0.724. The minimum absolute atomic E-state index is 0.000854. The van der Waals surface area contributed by atoms with Gasteiger partial charge in [-0.25, -0.2) is 8.78 Å². The molecule has 5 heteroatoms. The van der Waals surface area contributed by atoms with E-state index in [0.717, 1.165) is 22.2 Å². The van der Waals surface area contributed by atoms with E-state index in [9.17, 15) is 8.78 Å². The summed E-state index contributed by atoms with van der Waals surface area (Å²) in [5, 5.41) is 0.574. The van der Waals surface area contributed by atoms with Crippen LogP contribution in [0, 0.1) is 11.6 Å². The Balaban J connectivity index is 2.33. The Labute approximate surface area is 120 Å². The fourth-order valence-electron chi connectivity index (χ4n) is 1.43. The Bertz CT molecular complexity index is 573. The first-order valence-electron chi connectivity index (χ1n) is 5.07. The number of ether oxygens (including phenoxy) is 1. The molecule has 0 aromatic heterocycles. The van der Waals surface area contributed by atoms with Crippen LogP contribution in [-0.2, 0) is 5.33 Å². The molecule has 0 bridgehead atoms. The molecule has 0 saturated heterocycles. The molecule has 94 valence electrons. The van der Waals surface area contributed by atoms with Gasteiger partial charge < -0.3 is 4.74 Å². The highest BCUT2D eigenvalue weighted by Crippen LogP contribution is 2.31. The molecular weight excluding hydrogens is 370 g/mol. The molecule has 2 aromatic rings. The van der Waals surface area contributed by atoms with Gasteiger partial charge in [0.2, 0.25) is 0 Å². The van der Waals surface area contributed by atoms with E-state index in [1.54, 1.807) is 12.1 Å². The van der Waals surface area contributed by atoms with Gasteiger partial charge in [0.05, 0.1) is 0 Å². The molecule has 0 saturated carbocycles. The molecule has 0 N–H and O–H groups in total. The lowest BCUT2D eigenvalue weighted by atomic mass is 10.2. The molecule has 0 atom stereocenters. The molecule has 0 heterocycles. The predicted octanol–water partition coefficient (Wildman–Crippen LogP) is 5.41. The molecule has 18 heavy (non-hydrogen) atoms. The summed E-state index contributed by atoms with van der Waals surface area (Å²) in [6.07, 6.45) is 0. The quantitative estimate of drug-likeness (QED) is 0.649. The highest BCUT2D eigenvalue weighted by atomic mass is 79.9. The van der Waals surface area contributed by atoms with Crippen molar-refractivity contribution >= 4 is 31.9 Å². The van der Waals surface area contributed by atoms with Gasteiger partial charge in [-0.1, -0.05) is 31.9 Å². The van der Waals surface area contributed by atoms with Gasteiger partial charge in [0.15, 0.2) is 11.6 Å². The molecule has 0 fully saturated rings. The van der Waals surface area contributed by atoms with Gasteiger partial charge in [0.25, 0.3) is 0 Å². The van der Waals surface area contributed by atoms with Crippen LogP contribution in [0.5, 0.6) is 11.5 Å². The summed E-state index contributed by atoms with van der Waals surface area (Å²) in [4.78, 5) is 0. The van der Waals surface area contributed by atoms with Crippen molar-refractivity contribution in [2.75, 3.05) is 0 Å². The first-order valence-corrected chi connectivity index (χ1v) is 6.99. The second-order valence-electron chi connectivity index (χ2n) is 3.56. The minimum Gasteiger partial charge on any atom is -0.454 e. The number of halogens is 4.